The maximum Gasteiger partial charge on any atom is 0.191 e. The number of thioether (sulfide) groups is 1. The molecule has 2 aromatic heterocycles. The summed E-state index contributed by atoms with van der Waals surface area (Å²) in [7, 11) is 1.77. The Morgan fingerprint density at radius 2 is 1.89 bits per heavy atom. The van der Waals surface area contributed by atoms with Crippen LogP contribution in [0.25, 0.3) is 5.65 Å². The minimum absolute atomic E-state index is 0. The average Bonchev–Trinajstić information content (AvgIpc) is 3.07. The summed E-state index contributed by atoms with van der Waals surface area (Å²) in [6.45, 7) is 5.75. The number of nitrogens with one attached hydrogen (secondary N) is 2. The Kier molecular flexibility index (Phi) is 8.56. The first-order valence-electron chi connectivity index (χ1n) is 8.64. The molecule has 0 aliphatic rings. The van der Waals surface area contributed by atoms with Crippen molar-refractivity contribution in [2.75, 3.05) is 13.6 Å². The topological polar surface area (TPSA) is 66.6 Å². The van der Waals surface area contributed by atoms with E-state index >= 15 is 0 Å². The van der Waals surface area contributed by atoms with Crippen molar-refractivity contribution in [2.24, 2.45) is 4.99 Å². The molecule has 1 aromatic carbocycles. The summed E-state index contributed by atoms with van der Waals surface area (Å²) in [6, 6.07) is 14.2. The molecule has 0 saturated heterocycles. The standard InChI is InChI=1S/C19H23BrN6S.HI/c1-19(2,27-15-9-7-14(20)8-10-15)13-23-18(21-3)22-12-17-25-24-16-6-4-5-11-26(16)17;/h4-11H,12-13H2,1-3H3,(H2,21,22,23);1H. The van der Waals surface area contributed by atoms with Gasteiger partial charge in [0.15, 0.2) is 17.4 Å². The average molecular weight is 575 g/mol. The third kappa shape index (κ3) is 6.35. The van der Waals surface area contributed by atoms with Gasteiger partial charge in [-0.25, -0.2) is 0 Å². The van der Waals surface area contributed by atoms with Gasteiger partial charge in [0, 0.05) is 33.9 Å². The molecule has 28 heavy (non-hydrogen) atoms. The first-order valence-corrected chi connectivity index (χ1v) is 10.3. The molecule has 150 valence electrons. The summed E-state index contributed by atoms with van der Waals surface area (Å²) in [5.74, 6) is 1.59. The van der Waals surface area contributed by atoms with Crippen molar-refractivity contribution in [1.29, 1.82) is 0 Å². The largest absolute Gasteiger partial charge is 0.355 e. The lowest BCUT2D eigenvalue weighted by atomic mass is 10.2. The summed E-state index contributed by atoms with van der Waals surface area (Å²) in [5.41, 5.74) is 0.837. The Morgan fingerprint density at radius 1 is 1.14 bits per heavy atom. The van der Waals surface area contributed by atoms with Gasteiger partial charge >= 0.3 is 0 Å². The van der Waals surface area contributed by atoms with Crippen LogP contribution in [0.2, 0.25) is 0 Å². The zero-order valence-electron chi connectivity index (χ0n) is 16.0. The fraction of sp³-hybridized carbons (Fsp3) is 0.316. The fourth-order valence-electron chi connectivity index (χ4n) is 2.55. The van der Waals surface area contributed by atoms with Crippen LogP contribution in [0.3, 0.4) is 0 Å². The van der Waals surface area contributed by atoms with Gasteiger partial charge < -0.3 is 10.6 Å². The highest BCUT2D eigenvalue weighted by molar-refractivity contribution is 14.0. The zero-order chi connectivity index (χ0) is 19.3. The molecule has 0 saturated carbocycles. The van der Waals surface area contributed by atoms with Crippen molar-refractivity contribution in [3.8, 4) is 0 Å². The predicted octanol–water partition coefficient (Wildman–Crippen LogP) is 4.35. The third-order valence-electron chi connectivity index (χ3n) is 3.91. The Hall–Kier alpha value is -1.33. The number of hydrogen-bond acceptors (Lipinski definition) is 4. The van der Waals surface area contributed by atoms with Gasteiger partial charge in [0.1, 0.15) is 0 Å². The highest BCUT2D eigenvalue weighted by Crippen LogP contribution is 2.32. The maximum atomic E-state index is 4.31. The second-order valence-electron chi connectivity index (χ2n) is 6.64. The van der Waals surface area contributed by atoms with E-state index < -0.39 is 0 Å². The molecule has 0 amide bonds. The molecule has 0 atom stereocenters. The van der Waals surface area contributed by atoms with Crippen molar-refractivity contribution in [3.05, 3.63) is 59.0 Å². The van der Waals surface area contributed by atoms with E-state index in [-0.39, 0.29) is 28.7 Å². The number of rotatable bonds is 6. The summed E-state index contributed by atoms with van der Waals surface area (Å²) in [5, 5.41) is 15.1. The van der Waals surface area contributed by atoms with E-state index in [0.717, 1.165) is 28.4 Å². The molecule has 0 unspecified atom stereocenters. The minimum Gasteiger partial charge on any atom is -0.355 e. The summed E-state index contributed by atoms with van der Waals surface area (Å²) >= 11 is 5.31. The fourth-order valence-corrected chi connectivity index (χ4v) is 3.87. The molecule has 0 radical (unpaired) electrons. The number of hydrogen-bond donors (Lipinski definition) is 2. The number of halogens is 2. The van der Waals surface area contributed by atoms with Gasteiger partial charge in [-0.1, -0.05) is 22.0 Å². The van der Waals surface area contributed by atoms with E-state index in [9.17, 15) is 0 Å². The van der Waals surface area contributed by atoms with E-state index in [1.165, 1.54) is 4.90 Å². The number of pyridine rings is 1. The lowest BCUT2D eigenvalue weighted by molar-refractivity contribution is 0.659. The second kappa shape index (κ2) is 10.4. The SMILES string of the molecule is CN=C(NCc1nnc2ccccn12)NCC(C)(C)Sc1ccc(Br)cc1.I. The smallest absolute Gasteiger partial charge is 0.191 e. The predicted molar refractivity (Wildman–Crippen MR) is 131 cm³/mol. The molecular weight excluding hydrogens is 551 g/mol. The monoisotopic (exact) mass is 574 g/mol. The molecule has 3 rings (SSSR count). The highest BCUT2D eigenvalue weighted by atomic mass is 127. The molecule has 9 heteroatoms. The van der Waals surface area contributed by atoms with E-state index in [1.54, 1.807) is 7.05 Å². The first-order chi connectivity index (χ1) is 13.0. The number of nitrogens with zero attached hydrogens (tertiary/aromatic N) is 4. The second-order valence-corrected chi connectivity index (χ2v) is 9.34. The lowest BCUT2D eigenvalue weighted by Gasteiger charge is -2.25. The molecule has 2 N–H and O–H groups in total. The van der Waals surface area contributed by atoms with Gasteiger partial charge in [-0.15, -0.1) is 45.9 Å². The Labute approximate surface area is 195 Å². The molecular formula is C19H24BrIN6S. The van der Waals surface area contributed by atoms with E-state index in [4.69, 9.17) is 0 Å². The molecule has 6 nitrogen and oxygen atoms in total. The molecule has 0 spiro atoms. The van der Waals surface area contributed by atoms with Crippen LogP contribution in [0.5, 0.6) is 0 Å². The quantitative estimate of drug-likeness (QED) is 0.198. The van der Waals surface area contributed by atoms with Crippen LogP contribution in [0.4, 0.5) is 0 Å². The van der Waals surface area contributed by atoms with Gasteiger partial charge in [0.25, 0.3) is 0 Å². The summed E-state index contributed by atoms with van der Waals surface area (Å²) < 4.78 is 3.06. The molecule has 0 aliphatic carbocycles. The minimum atomic E-state index is 0. The lowest BCUT2D eigenvalue weighted by Crippen LogP contribution is -2.43. The van der Waals surface area contributed by atoms with Crippen molar-refractivity contribution >= 4 is 63.3 Å². The van der Waals surface area contributed by atoms with Crippen LogP contribution in [-0.2, 0) is 6.54 Å². The normalized spacial score (nSPS) is 11.9. The number of benzene rings is 1. The molecule has 0 aliphatic heterocycles. The third-order valence-corrected chi connectivity index (χ3v) is 5.64. The van der Waals surface area contributed by atoms with E-state index in [1.807, 2.05) is 40.6 Å². The summed E-state index contributed by atoms with van der Waals surface area (Å²) in [6.07, 6.45) is 1.96. The molecule has 3 aromatic rings. The number of aliphatic imine (C=N–C) groups is 1. The Bertz CT molecular complexity index is 926. The van der Waals surface area contributed by atoms with Crippen LogP contribution in [-0.4, -0.2) is 38.9 Å². The van der Waals surface area contributed by atoms with E-state index in [0.29, 0.717) is 6.54 Å². The van der Waals surface area contributed by atoms with Crippen LogP contribution < -0.4 is 10.6 Å². The van der Waals surface area contributed by atoms with Crippen molar-refractivity contribution in [2.45, 2.75) is 30.0 Å². The van der Waals surface area contributed by atoms with Crippen molar-refractivity contribution in [3.63, 3.8) is 0 Å². The van der Waals surface area contributed by atoms with Crippen molar-refractivity contribution in [1.82, 2.24) is 25.2 Å². The van der Waals surface area contributed by atoms with Gasteiger partial charge in [0.05, 0.1) is 6.54 Å². The zero-order valence-corrected chi connectivity index (χ0v) is 20.7. The van der Waals surface area contributed by atoms with Crippen LogP contribution in [0.1, 0.15) is 19.7 Å². The van der Waals surface area contributed by atoms with Gasteiger partial charge in [-0.05, 0) is 50.2 Å². The van der Waals surface area contributed by atoms with Crippen LogP contribution in [0, 0.1) is 0 Å². The number of guanidine groups is 1. The summed E-state index contributed by atoms with van der Waals surface area (Å²) in [4.78, 5) is 5.55. The van der Waals surface area contributed by atoms with Gasteiger partial charge in [0.2, 0.25) is 0 Å². The van der Waals surface area contributed by atoms with Gasteiger partial charge in [-0.2, -0.15) is 0 Å². The highest BCUT2D eigenvalue weighted by Gasteiger charge is 2.20. The van der Waals surface area contributed by atoms with Crippen molar-refractivity contribution < 1.29 is 0 Å². The van der Waals surface area contributed by atoms with Crippen LogP contribution in [0.15, 0.2) is 63.0 Å². The number of fused-ring (bicyclic) bond motifs is 1. The Balaban J connectivity index is 0.00000280. The van der Waals surface area contributed by atoms with E-state index in [2.05, 4.69) is 79.9 Å². The first kappa shape index (κ1) is 23.0. The molecule has 2 heterocycles. The molecule has 0 bridgehead atoms. The maximum absolute atomic E-state index is 4.31. The van der Waals surface area contributed by atoms with Crippen LogP contribution >= 0.6 is 51.7 Å². The molecule has 0 fully saturated rings. The van der Waals surface area contributed by atoms with Gasteiger partial charge in [-0.3, -0.25) is 9.39 Å². The Morgan fingerprint density at radius 3 is 2.61 bits per heavy atom. The number of aromatic nitrogens is 3.